The Kier molecular flexibility index (Phi) is 4.90. The zero-order valence-electron chi connectivity index (χ0n) is 12.2. The molecule has 1 unspecified atom stereocenters. The van der Waals surface area contributed by atoms with Gasteiger partial charge in [-0.3, -0.25) is 4.90 Å². The number of nitrogens with zero attached hydrogens (tertiary/aromatic N) is 1. The standard InChI is InChI=1S/C11H14F3NO7S/c1-10(2,3)21-9(18)15-5-6(4-7(15)8(16)17)22-23(19,20)11(12,13)14/h5,7H,4H2,1-3H3,(H,16,17). The molecule has 1 heterocycles. The molecule has 1 amide bonds. The van der Waals surface area contributed by atoms with Crippen LogP contribution in [0.5, 0.6) is 0 Å². The van der Waals surface area contributed by atoms with Crippen molar-refractivity contribution in [3.05, 3.63) is 12.0 Å². The van der Waals surface area contributed by atoms with Crippen molar-refractivity contribution in [3.8, 4) is 0 Å². The van der Waals surface area contributed by atoms with Gasteiger partial charge in [0.25, 0.3) is 0 Å². The maximum atomic E-state index is 12.3. The second-order valence-electron chi connectivity index (χ2n) is 5.52. The SMILES string of the molecule is CC(C)(C)OC(=O)N1C=C(OS(=O)(=O)C(F)(F)F)CC1C(=O)O. The van der Waals surface area contributed by atoms with Gasteiger partial charge < -0.3 is 14.0 Å². The fourth-order valence-corrected chi connectivity index (χ4v) is 2.02. The first kappa shape index (κ1) is 19.1. The molecule has 12 heteroatoms. The number of aliphatic carboxylic acids is 1. The Morgan fingerprint density at radius 1 is 1.30 bits per heavy atom. The summed E-state index contributed by atoms with van der Waals surface area (Å²) in [5, 5.41) is 9.00. The zero-order valence-corrected chi connectivity index (χ0v) is 13.1. The first-order chi connectivity index (χ1) is 10.1. The molecule has 0 aliphatic carbocycles. The van der Waals surface area contributed by atoms with E-state index >= 15 is 0 Å². The fraction of sp³-hybridized carbons (Fsp3) is 0.636. The molecule has 0 spiro atoms. The van der Waals surface area contributed by atoms with Gasteiger partial charge in [0, 0.05) is 6.42 Å². The highest BCUT2D eigenvalue weighted by Crippen LogP contribution is 2.31. The van der Waals surface area contributed by atoms with Gasteiger partial charge >= 0.3 is 27.7 Å². The number of halogens is 3. The van der Waals surface area contributed by atoms with Crippen molar-refractivity contribution in [1.29, 1.82) is 0 Å². The van der Waals surface area contributed by atoms with E-state index in [0.717, 1.165) is 0 Å². The summed E-state index contributed by atoms with van der Waals surface area (Å²) in [7, 11) is -5.95. The zero-order chi connectivity index (χ0) is 18.2. The fourth-order valence-electron chi connectivity index (χ4n) is 1.53. The van der Waals surface area contributed by atoms with Gasteiger partial charge in [-0.1, -0.05) is 0 Å². The number of carbonyl (C=O) groups excluding carboxylic acids is 1. The minimum absolute atomic E-state index is 0.467. The van der Waals surface area contributed by atoms with Gasteiger partial charge in [-0.25, -0.2) is 9.59 Å². The summed E-state index contributed by atoms with van der Waals surface area (Å²) in [6.45, 7) is 4.48. The van der Waals surface area contributed by atoms with E-state index in [1.807, 2.05) is 0 Å². The first-order valence-corrected chi connectivity index (χ1v) is 7.50. The normalized spacial score (nSPS) is 19.3. The lowest BCUT2D eigenvalue weighted by Gasteiger charge is -2.25. The van der Waals surface area contributed by atoms with Crippen molar-refractivity contribution in [2.45, 2.75) is 44.3 Å². The molecular weight excluding hydrogens is 347 g/mol. The molecule has 1 N–H and O–H groups in total. The summed E-state index contributed by atoms with van der Waals surface area (Å²) in [5.41, 5.74) is -6.67. The van der Waals surface area contributed by atoms with Crippen LogP contribution in [0.25, 0.3) is 0 Å². The van der Waals surface area contributed by atoms with Gasteiger partial charge in [0.15, 0.2) is 0 Å². The lowest BCUT2D eigenvalue weighted by atomic mass is 10.2. The van der Waals surface area contributed by atoms with Crippen LogP contribution in [0.4, 0.5) is 18.0 Å². The molecule has 0 aromatic carbocycles. The number of carbonyl (C=O) groups is 2. The second-order valence-corrected chi connectivity index (χ2v) is 7.06. The van der Waals surface area contributed by atoms with Gasteiger partial charge in [0.1, 0.15) is 17.4 Å². The van der Waals surface area contributed by atoms with Gasteiger partial charge in [-0.2, -0.15) is 21.6 Å². The van der Waals surface area contributed by atoms with Gasteiger partial charge in [0.2, 0.25) is 0 Å². The Labute approximate surface area is 129 Å². The van der Waals surface area contributed by atoms with E-state index in [4.69, 9.17) is 9.84 Å². The molecule has 132 valence electrons. The molecule has 0 aromatic heterocycles. The van der Waals surface area contributed by atoms with E-state index in [2.05, 4.69) is 4.18 Å². The van der Waals surface area contributed by atoms with E-state index in [1.54, 1.807) is 0 Å². The lowest BCUT2D eigenvalue weighted by molar-refractivity contribution is -0.141. The second kappa shape index (κ2) is 5.91. The molecular formula is C11H14F3NO7S. The highest BCUT2D eigenvalue weighted by atomic mass is 32.2. The summed E-state index contributed by atoms with van der Waals surface area (Å²) >= 11 is 0. The number of carboxylic acids is 1. The number of rotatable bonds is 3. The molecule has 1 atom stereocenters. The summed E-state index contributed by atoms with van der Waals surface area (Å²) < 4.78 is 67.4. The van der Waals surface area contributed by atoms with Crippen LogP contribution >= 0.6 is 0 Å². The maximum Gasteiger partial charge on any atom is 0.534 e. The third-order valence-electron chi connectivity index (χ3n) is 2.40. The first-order valence-electron chi connectivity index (χ1n) is 6.09. The van der Waals surface area contributed by atoms with Crippen LogP contribution in [0.15, 0.2) is 12.0 Å². The Balaban J connectivity index is 3.03. The molecule has 0 radical (unpaired) electrons. The highest BCUT2D eigenvalue weighted by Gasteiger charge is 2.50. The van der Waals surface area contributed by atoms with E-state index < -0.39 is 51.5 Å². The van der Waals surface area contributed by atoms with Crippen LogP contribution in [0, 0.1) is 0 Å². The van der Waals surface area contributed by atoms with Crippen LogP contribution in [0.2, 0.25) is 0 Å². The number of hydrogen-bond donors (Lipinski definition) is 1. The minimum atomic E-state index is -5.95. The van der Waals surface area contributed by atoms with Crippen molar-refractivity contribution in [1.82, 2.24) is 4.90 Å². The largest absolute Gasteiger partial charge is 0.534 e. The third kappa shape index (κ3) is 4.74. The number of hydrogen-bond acceptors (Lipinski definition) is 6. The smallest absolute Gasteiger partial charge is 0.480 e. The molecule has 8 nitrogen and oxygen atoms in total. The van der Waals surface area contributed by atoms with Crippen molar-refractivity contribution in [2.24, 2.45) is 0 Å². The van der Waals surface area contributed by atoms with Crippen molar-refractivity contribution < 1.29 is 45.2 Å². The monoisotopic (exact) mass is 361 g/mol. The molecule has 1 rings (SSSR count). The minimum Gasteiger partial charge on any atom is -0.480 e. The average Bonchev–Trinajstić information content (AvgIpc) is 2.68. The van der Waals surface area contributed by atoms with Crippen LogP contribution in [-0.2, 0) is 23.8 Å². The molecule has 0 saturated carbocycles. The van der Waals surface area contributed by atoms with E-state index in [-0.39, 0.29) is 0 Å². The Morgan fingerprint density at radius 2 is 1.83 bits per heavy atom. The summed E-state index contributed by atoms with van der Waals surface area (Å²) in [6.07, 6.45) is -1.34. The maximum absolute atomic E-state index is 12.3. The molecule has 0 saturated heterocycles. The van der Waals surface area contributed by atoms with Gasteiger partial charge in [-0.15, -0.1) is 0 Å². The van der Waals surface area contributed by atoms with Crippen molar-refractivity contribution in [3.63, 3.8) is 0 Å². The third-order valence-corrected chi connectivity index (χ3v) is 3.40. The summed E-state index contributed by atoms with van der Waals surface area (Å²) in [6, 6.07) is -1.64. The van der Waals surface area contributed by atoms with Gasteiger partial charge in [-0.05, 0) is 20.8 Å². The van der Waals surface area contributed by atoms with Crippen molar-refractivity contribution in [2.75, 3.05) is 0 Å². The summed E-state index contributed by atoms with van der Waals surface area (Å²) in [4.78, 5) is 23.4. The molecule has 1 aliphatic heterocycles. The highest BCUT2D eigenvalue weighted by molar-refractivity contribution is 7.87. The van der Waals surface area contributed by atoms with Crippen molar-refractivity contribution >= 4 is 22.2 Å². The van der Waals surface area contributed by atoms with E-state index in [0.29, 0.717) is 11.1 Å². The predicted octanol–water partition coefficient (Wildman–Crippen LogP) is 1.79. The summed E-state index contributed by atoms with van der Waals surface area (Å²) in [5.74, 6) is -2.39. The molecule has 23 heavy (non-hydrogen) atoms. The van der Waals surface area contributed by atoms with E-state index in [1.165, 1.54) is 20.8 Å². The molecule has 0 fully saturated rings. The quantitative estimate of drug-likeness (QED) is 0.603. The van der Waals surface area contributed by atoms with Crippen LogP contribution in [0.3, 0.4) is 0 Å². The number of carboxylic acid groups (broad SMARTS) is 1. The molecule has 1 aliphatic rings. The van der Waals surface area contributed by atoms with Crippen LogP contribution in [-0.4, -0.2) is 47.6 Å². The Bertz CT molecular complexity index is 633. The van der Waals surface area contributed by atoms with Gasteiger partial charge in [0.05, 0.1) is 6.20 Å². The topological polar surface area (TPSA) is 110 Å². The number of ether oxygens (including phenoxy) is 1. The predicted molar refractivity (Wildman–Crippen MR) is 68.3 cm³/mol. The molecule has 0 aromatic rings. The van der Waals surface area contributed by atoms with Crippen LogP contribution < -0.4 is 0 Å². The molecule has 0 bridgehead atoms. The Hall–Kier alpha value is -1.98. The number of alkyl halides is 3. The van der Waals surface area contributed by atoms with Crippen LogP contribution in [0.1, 0.15) is 27.2 Å². The van der Waals surface area contributed by atoms with E-state index in [9.17, 15) is 31.2 Å². The number of amides is 1. The lowest BCUT2D eigenvalue weighted by Crippen LogP contribution is -2.41. The Morgan fingerprint density at radius 3 is 2.22 bits per heavy atom. The average molecular weight is 361 g/mol.